The summed E-state index contributed by atoms with van der Waals surface area (Å²) in [4.78, 5) is 21.6. The summed E-state index contributed by atoms with van der Waals surface area (Å²) in [6.07, 6.45) is 8.12. The molecule has 0 radical (unpaired) electrons. The number of nitrogens with zero attached hydrogens (tertiary/aromatic N) is 3. The molecule has 2 heterocycles. The molecule has 2 aromatic rings. The molecule has 0 spiro atoms. The molecule has 5 heteroatoms. The fourth-order valence-corrected chi connectivity index (χ4v) is 3.73. The Bertz CT molecular complexity index is 726. The first-order valence-electron chi connectivity index (χ1n) is 8.53. The third-order valence-electron chi connectivity index (χ3n) is 5.11. The molecule has 1 N–H and O–H groups in total. The van der Waals surface area contributed by atoms with Crippen molar-refractivity contribution in [3.8, 4) is 0 Å². The minimum atomic E-state index is -0.192. The van der Waals surface area contributed by atoms with Crippen molar-refractivity contribution in [1.82, 2.24) is 19.7 Å². The maximum atomic E-state index is 12.8. The monoisotopic (exact) mass is 314 g/mol. The van der Waals surface area contributed by atoms with E-state index in [9.17, 15) is 4.79 Å². The molecular formula is C18H26N4O. The van der Waals surface area contributed by atoms with Crippen molar-refractivity contribution in [3.63, 3.8) is 0 Å². The molecular weight excluding hydrogens is 288 g/mol. The number of nitrogens with one attached hydrogen (secondary N) is 1. The van der Waals surface area contributed by atoms with Crippen LogP contribution in [0.1, 0.15) is 68.0 Å². The summed E-state index contributed by atoms with van der Waals surface area (Å²) >= 11 is 0. The Morgan fingerprint density at radius 1 is 1.22 bits per heavy atom. The average molecular weight is 314 g/mol. The van der Waals surface area contributed by atoms with Crippen LogP contribution in [0.15, 0.2) is 12.3 Å². The van der Waals surface area contributed by atoms with Gasteiger partial charge in [-0.25, -0.2) is 9.97 Å². The lowest BCUT2D eigenvalue weighted by Crippen LogP contribution is -2.49. The first kappa shape index (κ1) is 16.0. The topological polar surface area (TPSA) is 59.3 Å². The normalized spacial score (nSPS) is 16.7. The number of hydrogen-bond donors (Lipinski definition) is 1. The number of fused-ring (bicyclic) bond motifs is 1. The largest absolute Gasteiger partial charge is 0.347 e. The van der Waals surface area contributed by atoms with Crippen LogP contribution in [0.5, 0.6) is 0 Å². The molecule has 0 bridgehead atoms. The second-order valence-electron chi connectivity index (χ2n) is 7.25. The van der Waals surface area contributed by atoms with Crippen LogP contribution in [0.25, 0.3) is 5.65 Å². The Kier molecular flexibility index (Phi) is 4.13. The highest BCUT2D eigenvalue weighted by molar-refractivity contribution is 6.00. The van der Waals surface area contributed by atoms with Crippen LogP contribution in [-0.2, 0) is 0 Å². The third kappa shape index (κ3) is 3.09. The van der Waals surface area contributed by atoms with Crippen LogP contribution in [0.3, 0.4) is 0 Å². The van der Waals surface area contributed by atoms with E-state index in [2.05, 4.69) is 29.1 Å². The molecule has 0 atom stereocenters. The SMILES string of the molecule is Cc1nc(C)n2ccc(C(=O)NC(C)(C)C3CCCCC3)c2n1. The highest BCUT2D eigenvalue weighted by Gasteiger charge is 2.32. The zero-order valence-corrected chi connectivity index (χ0v) is 14.5. The van der Waals surface area contributed by atoms with E-state index in [0.717, 1.165) is 5.82 Å². The molecule has 5 nitrogen and oxygen atoms in total. The van der Waals surface area contributed by atoms with Gasteiger partial charge in [-0.05, 0) is 52.5 Å². The van der Waals surface area contributed by atoms with E-state index in [-0.39, 0.29) is 11.4 Å². The van der Waals surface area contributed by atoms with Crippen molar-refractivity contribution >= 4 is 11.6 Å². The minimum Gasteiger partial charge on any atom is -0.347 e. The van der Waals surface area contributed by atoms with Gasteiger partial charge >= 0.3 is 0 Å². The number of aryl methyl sites for hydroxylation is 2. The highest BCUT2D eigenvalue weighted by atomic mass is 16.1. The van der Waals surface area contributed by atoms with Crippen LogP contribution >= 0.6 is 0 Å². The summed E-state index contributed by atoms with van der Waals surface area (Å²) in [5, 5.41) is 3.25. The van der Waals surface area contributed by atoms with Gasteiger partial charge in [-0.3, -0.25) is 9.20 Å². The highest BCUT2D eigenvalue weighted by Crippen LogP contribution is 2.32. The molecule has 0 saturated heterocycles. The molecule has 23 heavy (non-hydrogen) atoms. The lowest BCUT2D eigenvalue weighted by atomic mass is 9.76. The molecule has 2 aromatic heterocycles. The van der Waals surface area contributed by atoms with Gasteiger partial charge in [-0.1, -0.05) is 19.3 Å². The quantitative estimate of drug-likeness (QED) is 0.944. The Labute approximate surface area is 137 Å². The second-order valence-corrected chi connectivity index (χ2v) is 7.25. The summed E-state index contributed by atoms with van der Waals surface area (Å²) in [5.41, 5.74) is 1.12. The van der Waals surface area contributed by atoms with Gasteiger partial charge in [0.25, 0.3) is 5.91 Å². The molecule has 0 aromatic carbocycles. The van der Waals surface area contributed by atoms with E-state index in [1.54, 1.807) is 0 Å². The standard InChI is InChI=1S/C18H26N4O/c1-12-19-13(2)22-11-10-15(16(22)20-12)17(23)21-18(3,4)14-8-6-5-7-9-14/h10-11,14H,5-9H2,1-4H3,(H,21,23). The van der Waals surface area contributed by atoms with Crippen molar-refractivity contribution in [2.24, 2.45) is 5.92 Å². The number of rotatable bonds is 3. The molecule has 1 aliphatic rings. The van der Waals surface area contributed by atoms with Crippen molar-refractivity contribution in [3.05, 3.63) is 29.5 Å². The van der Waals surface area contributed by atoms with Crippen molar-refractivity contribution in [2.75, 3.05) is 0 Å². The second kappa shape index (κ2) is 5.95. The predicted molar refractivity (Wildman–Crippen MR) is 90.6 cm³/mol. The first-order valence-corrected chi connectivity index (χ1v) is 8.53. The van der Waals surface area contributed by atoms with Crippen LogP contribution in [0.2, 0.25) is 0 Å². The summed E-state index contributed by atoms with van der Waals surface area (Å²) in [5.74, 6) is 2.04. The fourth-order valence-electron chi connectivity index (χ4n) is 3.73. The Hall–Kier alpha value is -1.91. The Balaban J connectivity index is 1.86. The summed E-state index contributed by atoms with van der Waals surface area (Å²) in [6, 6.07) is 1.84. The van der Waals surface area contributed by atoms with Crippen LogP contribution < -0.4 is 5.32 Å². The van der Waals surface area contributed by atoms with Crippen molar-refractivity contribution in [1.29, 1.82) is 0 Å². The molecule has 0 unspecified atom stereocenters. The average Bonchev–Trinajstić information content (AvgIpc) is 2.92. The van der Waals surface area contributed by atoms with Crippen LogP contribution in [-0.4, -0.2) is 25.8 Å². The number of carbonyl (C=O) groups is 1. The summed E-state index contributed by atoms with van der Waals surface area (Å²) in [7, 11) is 0. The van der Waals surface area contributed by atoms with Gasteiger partial charge in [-0.2, -0.15) is 0 Å². The smallest absolute Gasteiger partial charge is 0.255 e. The molecule has 124 valence electrons. The van der Waals surface area contributed by atoms with E-state index in [1.165, 1.54) is 32.1 Å². The zero-order valence-electron chi connectivity index (χ0n) is 14.5. The van der Waals surface area contributed by atoms with Gasteiger partial charge in [0.2, 0.25) is 0 Å². The lowest BCUT2D eigenvalue weighted by Gasteiger charge is -2.37. The summed E-state index contributed by atoms with van der Waals surface area (Å²) < 4.78 is 1.87. The van der Waals surface area contributed by atoms with Gasteiger partial charge in [-0.15, -0.1) is 0 Å². The van der Waals surface area contributed by atoms with E-state index in [0.29, 0.717) is 23.0 Å². The van der Waals surface area contributed by atoms with E-state index >= 15 is 0 Å². The zero-order chi connectivity index (χ0) is 16.6. The van der Waals surface area contributed by atoms with Crippen LogP contribution in [0.4, 0.5) is 0 Å². The maximum Gasteiger partial charge on any atom is 0.255 e. The number of carbonyl (C=O) groups excluding carboxylic acids is 1. The van der Waals surface area contributed by atoms with E-state index < -0.39 is 0 Å². The first-order chi connectivity index (χ1) is 10.9. The summed E-state index contributed by atoms with van der Waals surface area (Å²) in [6.45, 7) is 8.07. The van der Waals surface area contributed by atoms with E-state index in [4.69, 9.17) is 0 Å². The van der Waals surface area contributed by atoms with Crippen LogP contribution in [0, 0.1) is 19.8 Å². The van der Waals surface area contributed by atoms with Gasteiger partial charge < -0.3 is 5.32 Å². The molecule has 3 rings (SSSR count). The third-order valence-corrected chi connectivity index (χ3v) is 5.11. The van der Waals surface area contributed by atoms with E-state index in [1.807, 2.05) is 30.5 Å². The minimum absolute atomic E-state index is 0.0411. The van der Waals surface area contributed by atoms with Gasteiger partial charge in [0.05, 0.1) is 5.56 Å². The number of amides is 1. The van der Waals surface area contributed by atoms with Crippen molar-refractivity contribution in [2.45, 2.75) is 65.3 Å². The van der Waals surface area contributed by atoms with Crippen molar-refractivity contribution < 1.29 is 4.79 Å². The lowest BCUT2D eigenvalue weighted by molar-refractivity contribution is 0.0860. The maximum absolute atomic E-state index is 12.8. The Morgan fingerprint density at radius 3 is 2.61 bits per heavy atom. The molecule has 1 fully saturated rings. The molecule has 1 aliphatic carbocycles. The molecule has 1 saturated carbocycles. The molecule has 0 aliphatic heterocycles. The fraction of sp³-hybridized carbons (Fsp3) is 0.611. The van der Waals surface area contributed by atoms with Gasteiger partial charge in [0.15, 0.2) is 5.65 Å². The predicted octanol–water partition coefficient (Wildman–Crippen LogP) is 3.43. The van der Waals surface area contributed by atoms with Gasteiger partial charge in [0, 0.05) is 11.7 Å². The Morgan fingerprint density at radius 2 is 1.91 bits per heavy atom. The number of hydrogen-bond acceptors (Lipinski definition) is 3. The van der Waals surface area contributed by atoms with Gasteiger partial charge in [0.1, 0.15) is 11.6 Å². The molecule has 1 amide bonds. The number of aromatic nitrogens is 3.